The van der Waals surface area contributed by atoms with E-state index in [0.29, 0.717) is 0 Å². The van der Waals surface area contributed by atoms with Crippen molar-refractivity contribution in [3.8, 4) is 0 Å². The molecule has 0 aliphatic heterocycles. The Morgan fingerprint density at radius 3 is 2.40 bits per heavy atom. The van der Waals surface area contributed by atoms with Crippen LogP contribution in [0.2, 0.25) is 0 Å². The van der Waals surface area contributed by atoms with Crippen molar-refractivity contribution in [1.29, 1.82) is 0 Å². The van der Waals surface area contributed by atoms with E-state index in [2.05, 4.69) is 12.2 Å². The summed E-state index contributed by atoms with van der Waals surface area (Å²) >= 11 is 0. The molecule has 1 aromatic carbocycles. The number of hydrogen-bond donors (Lipinski definition) is 1. The molecule has 0 heterocycles. The van der Waals surface area contributed by atoms with Gasteiger partial charge < -0.3 is 15.1 Å². The van der Waals surface area contributed by atoms with E-state index in [1.807, 2.05) is 48.2 Å². The molecule has 0 spiro atoms. The topological polar surface area (TPSA) is 35.6 Å². The average Bonchev–Trinajstić information content (AvgIpc) is 3.23. The fraction of sp³-hybridized carbons (Fsp3) is 0.562. The summed E-state index contributed by atoms with van der Waals surface area (Å²) in [6.07, 6.45) is 3.54. The summed E-state index contributed by atoms with van der Waals surface area (Å²) in [6.45, 7) is 3.84. The summed E-state index contributed by atoms with van der Waals surface area (Å²) in [6, 6.07) is 7.96. The maximum atomic E-state index is 12.3. The van der Waals surface area contributed by atoms with Crippen LogP contribution in [0.15, 0.2) is 24.3 Å². The lowest BCUT2D eigenvalue weighted by Gasteiger charge is -2.22. The second-order valence-electron chi connectivity index (χ2n) is 5.76. The molecule has 110 valence electrons. The first-order valence-electron chi connectivity index (χ1n) is 7.43. The monoisotopic (exact) mass is 275 g/mol. The van der Waals surface area contributed by atoms with E-state index in [0.717, 1.165) is 36.8 Å². The lowest BCUT2D eigenvalue weighted by molar-refractivity contribution is 0.209. The third-order valence-corrected chi connectivity index (χ3v) is 3.59. The van der Waals surface area contributed by atoms with Gasteiger partial charge in [-0.3, -0.25) is 0 Å². The molecule has 1 fully saturated rings. The van der Waals surface area contributed by atoms with Crippen molar-refractivity contribution >= 4 is 17.4 Å². The minimum Gasteiger partial charge on any atom is -0.378 e. The number of anilines is 2. The Hall–Kier alpha value is -1.71. The molecule has 4 nitrogen and oxygen atoms in total. The number of carbonyl (C=O) groups is 1. The molecule has 2 amide bonds. The first-order valence-corrected chi connectivity index (χ1v) is 7.43. The van der Waals surface area contributed by atoms with Crippen LogP contribution in [-0.4, -0.2) is 38.1 Å². The molecule has 4 heteroatoms. The molecule has 0 radical (unpaired) electrons. The van der Waals surface area contributed by atoms with Crippen LogP contribution in [0.3, 0.4) is 0 Å². The second kappa shape index (κ2) is 6.64. The number of urea groups is 1. The second-order valence-corrected chi connectivity index (χ2v) is 5.76. The first kappa shape index (κ1) is 14.7. The van der Waals surface area contributed by atoms with Gasteiger partial charge in [0.1, 0.15) is 0 Å². The molecule has 0 aromatic heterocycles. The van der Waals surface area contributed by atoms with Crippen molar-refractivity contribution in [3.63, 3.8) is 0 Å². The van der Waals surface area contributed by atoms with Gasteiger partial charge in [-0.25, -0.2) is 4.79 Å². The van der Waals surface area contributed by atoms with Crippen molar-refractivity contribution in [1.82, 2.24) is 4.90 Å². The van der Waals surface area contributed by atoms with E-state index in [1.165, 1.54) is 12.8 Å². The maximum Gasteiger partial charge on any atom is 0.321 e. The van der Waals surface area contributed by atoms with Crippen molar-refractivity contribution < 1.29 is 4.79 Å². The summed E-state index contributed by atoms with van der Waals surface area (Å²) in [7, 11) is 4.01. The van der Waals surface area contributed by atoms with E-state index in [4.69, 9.17) is 0 Å². The van der Waals surface area contributed by atoms with Gasteiger partial charge in [0.15, 0.2) is 0 Å². The minimum absolute atomic E-state index is 0.0244. The van der Waals surface area contributed by atoms with Crippen LogP contribution in [0.5, 0.6) is 0 Å². The Labute approximate surface area is 121 Å². The van der Waals surface area contributed by atoms with Crippen LogP contribution < -0.4 is 10.2 Å². The summed E-state index contributed by atoms with van der Waals surface area (Å²) in [5.74, 6) is 0.725. The first-order chi connectivity index (χ1) is 9.60. The van der Waals surface area contributed by atoms with Gasteiger partial charge in [-0.05, 0) is 49.4 Å². The number of carbonyl (C=O) groups excluding carboxylic acids is 1. The van der Waals surface area contributed by atoms with E-state index in [1.54, 1.807) is 0 Å². The normalized spacial score (nSPS) is 13.9. The summed E-state index contributed by atoms with van der Waals surface area (Å²) in [5.41, 5.74) is 1.99. The third kappa shape index (κ3) is 4.15. The van der Waals surface area contributed by atoms with E-state index in [-0.39, 0.29) is 6.03 Å². The zero-order valence-corrected chi connectivity index (χ0v) is 12.7. The van der Waals surface area contributed by atoms with E-state index < -0.39 is 0 Å². The SMILES string of the molecule is CCCN(CC1CC1)C(=O)Nc1ccc(N(C)C)cc1. The van der Waals surface area contributed by atoms with Crippen molar-refractivity contribution in [2.45, 2.75) is 26.2 Å². The van der Waals surface area contributed by atoms with Crippen molar-refractivity contribution in [2.24, 2.45) is 5.92 Å². The average molecular weight is 275 g/mol. The predicted molar refractivity (Wildman–Crippen MR) is 84.4 cm³/mol. The summed E-state index contributed by atoms with van der Waals surface area (Å²) < 4.78 is 0. The lowest BCUT2D eigenvalue weighted by Crippen LogP contribution is -2.37. The number of hydrogen-bond acceptors (Lipinski definition) is 2. The quantitative estimate of drug-likeness (QED) is 0.863. The molecule has 1 N–H and O–H groups in total. The molecule has 1 aliphatic carbocycles. The molecule has 1 saturated carbocycles. The minimum atomic E-state index is 0.0244. The largest absolute Gasteiger partial charge is 0.378 e. The Kier molecular flexibility index (Phi) is 4.88. The van der Waals surface area contributed by atoms with Gasteiger partial charge in [0.25, 0.3) is 0 Å². The van der Waals surface area contributed by atoms with Crippen LogP contribution in [0, 0.1) is 5.92 Å². The van der Waals surface area contributed by atoms with Gasteiger partial charge in [0.05, 0.1) is 0 Å². The molecular formula is C16H25N3O. The predicted octanol–water partition coefficient (Wildman–Crippen LogP) is 3.41. The van der Waals surface area contributed by atoms with Gasteiger partial charge in [-0.15, -0.1) is 0 Å². The Balaban J connectivity index is 1.93. The van der Waals surface area contributed by atoms with Crippen molar-refractivity contribution in [2.75, 3.05) is 37.4 Å². The van der Waals surface area contributed by atoms with Crippen LogP contribution >= 0.6 is 0 Å². The van der Waals surface area contributed by atoms with Crippen LogP contribution in [0.1, 0.15) is 26.2 Å². The zero-order valence-electron chi connectivity index (χ0n) is 12.7. The molecule has 0 atom stereocenters. The van der Waals surface area contributed by atoms with Gasteiger partial charge in [0.2, 0.25) is 0 Å². The molecule has 0 bridgehead atoms. The fourth-order valence-corrected chi connectivity index (χ4v) is 2.20. The van der Waals surface area contributed by atoms with Crippen molar-refractivity contribution in [3.05, 3.63) is 24.3 Å². The molecular weight excluding hydrogens is 250 g/mol. The smallest absolute Gasteiger partial charge is 0.321 e. The number of benzene rings is 1. The number of rotatable bonds is 6. The highest BCUT2D eigenvalue weighted by Gasteiger charge is 2.26. The zero-order chi connectivity index (χ0) is 14.5. The fourth-order valence-electron chi connectivity index (χ4n) is 2.20. The molecule has 1 aromatic rings. The van der Waals surface area contributed by atoms with E-state index in [9.17, 15) is 4.79 Å². The van der Waals surface area contributed by atoms with Gasteiger partial charge in [0, 0.05) is 38.6 Å². The summed E-state index contributed by atoms with van der Waals surface area (Å²) in [4.78, 5) is 16.3. The highest BCUT2D eigenvalue weighted by Crippen LogP contribution is 2.30. The highest BCUT2D eigenvalue weighted by molar-refractivity contribution is 5.89. The molecule has 2 rings (SSSR count). The molecule has 0 saturated heterocycles. The highest BCUT2D eigenvalue weighted by atomic mass is 16.2. The third-order valence-electron chi connectivity index (χ3n) is 3.59. The van der Waals surface area contributed by atoms with Gasteiger partial charge in [-0.2, -0.15) is 0 Å². The maximum absolute atomic E-state index is 12.3. The van der Waals surface area contributed by atoms with Gasteiger partial charge in [-0.1, -0.05) is 6.92 Å². The van der Waals surface area contributed by atoms with Crippen LogP contribution in [-0.2, 0) is 0 Å². The molecule has 1 aliphatic rings. The number of nitrogens with one attached hydrogen (secondary N) is 1. The van der Waals surface area contributed by atoms with Gasteiger partial charge >= 0.3 is 6.03 Å². The van der Waals surface area contributed by atoms with Crippen LogP contribution in [0.25, 0.3) is 0 Å². The Morgan fingerprint density at radius 2 is 1.90 bits per heavy atom. The number of nitrogens with zero attached hydrogens (tertiary/aromatic N) is 2. The lowest BCUT2D eigenvalue weighted by atomic mass is 10.2. The van der Waals surface area contributed by atoms with Crippen LogP contribution in [0.4, 0.5) is 16.2 Å². The Morgan fingerprint density at radius 1 is 1.25 bits per heavy atom. The number of amides is 2. The molecule has 0 unspecified atom stereocenters. The van der Waals surface area contributed by atoms with E-state index >= 15 is 0 Å². The Bertz CT molecular complexity index is 438. The standard InChI is InChI=1S/C16H25N3O/c1-4-11-19(12-13-5-6-13)16(20)17-14-7-9-15(10-8-14)18(2)3/h7-10,13H,4-6,11-12H2,1-3H3,(H,17,20). The summed E-state index contributed by atoms with van der Waals surface area (Å²) in [5, 5.41) is 2.99. The molecule has 20 heavy (non-hydrogen) atoms.